The van der Waals surface area contributed by atoms with Crippen LogP contribution < -0.4 is 4.74 Å². The molecule has 14 heteroatoms. The van der Waals surface area contributed by atoms with Crippen LogP contribution in [0.25, 0.3) is 12.2 Å². The Labute approximate surface area is 282 Å². The van der Waals surface area contributed by atoms with Gasteiger partial charge in [0.25, 0.3) is 11.8 Å². The van der Waals surface area contributed by atoms with Crippen LogP contribution in [0.4, 0.5) is 0 Å². The van der Waals surface area contributed by atoms with Crippen molar-refractivity contribution < 1.29 is 23.9 Å². The second-order valence-electron chi connectivity index (χ2n) is 9.85. The van der Waals surface area contributed by atoms with E-state index in [0.717, 1.165) is 33.1 Å². The van der Waals surface area contributed by atoms with Gasteiger partial charge in [0.2, 0.25) is 11.8 Å². The highest BCUT2D eigenvalue weighted by molar-refractivity contribution is 9.10. The number of halogens is 1. The average Bonchev–Trinajstić information content (AvgIpc) is 3.42. The quantitative estimate of drug-likeness (QED) is 0.285. The minimum atomic E-state index is -0.312. The first-order chi connectivity index (χ1) is 21.1. The zero-order valence-electron chi connectivity index (χ0n) is 23.6. The number of carbonyl (C=O) groups is 4. The van der Waals surface area contributed by atoms with Gasteiger partial charge in [0, 0.05) is 30.7 Å². The molecule has 0 spiro atoms. The molecule has 0 atom stereocenters. The second-order valence-corrected chi connectivity index (χ2v) is 14.1. The molecule has 3 aliphatic rings. The van der Waals surface area contributed by atoms with Crippen LogP contribution in [-0.2, 0) is 19.2 Å². The van der Waals surface area contributed by atoms with Gasteiger partial charge in [-0.3, -0.25) is 29.0 Å². The minimum absolute atomic E-state index is 0.161. The zero-order chi connectivity index (χ0) is 31.4. The van der Waals surface area contributed by atoms with Gasteiger partial charge in [-0.25, -0.2) is 0 Å². The Morgan fingerprint density at radius 2 is 1.32 bits per heavy atom. The van der Waals surface area contributed by atoms with Crippen molar-refractivity contribution >= 4 is 108 Å². The molecule has 0 aromatic heterocycles. The maximum atomic E-state index is 13.1. The summed E-state index contributed by atoms with van der Waals surface area (Å²) in [6.07, 6.45) is 3.51. The fourth-order valence-electron chi connectivity index (χ4n) is 4.67. The van der Waals surface area contributed by atoms with E-state index >= 15 is 0 Å². The third-order valence-electron chi connectivity index (χ3n) is 6.95. The molecule has 0 aliphatic carbocycles. The smallest absolute Gasteiger partial charge is 0.266 e. The molecule has 0 saturated carbocycles. The summed E-state index contributed by atoms with van der Waals surface area (Å²) < 4.78 is 7.01. The Morgan fingerprint density at radius 1 is 0.818 bits per heavy atom. The number of rotatable bonds is 8. The van der Waals surface area contributed by atoms with E-state index in [0.29, 0.717) is 51.2 Å². The van der Waals surface area contributed by atoms with Gasteiger partial charge in [-0.2, -0.15) is 0 Å². The summed E-state index contributed by atoms with van der Waals surface area (Å²) in [6, 6.07) is 14.9. The van der Waals surface area contributed by atoms with E-state index < -0.39 is 0 Å². The molecule has 3 saturated heterocycles. The summed E-state index contributed by atoms with van der Waals surface area (Å²) in [7, 11) is 0. The van der Waals surface area contributed by atoms with Crippen molar-refractivity contribution in [2.24, 2.45) is 0 Å². The first-order valence-corrected chi connectivity index (χ1v) is 16.9. The van der Waals surface area contributed by atoms with Gasteiger partial charge in [0.1, 0.15) is 27.5 Å². The lowest BCUT2D eigenvalue weighted by Gasteiger charge is -2.36. The van der Waals surface area contributed by atoms with Crippen molar-refractivity contribution in [1.82, 2.24) is 19.6 Å². The number of thioether (sulfide) groups is 2. The summed E-state index contributed by atoms with van der Waals surface area (Å²) in [4.78, 5) is 59.0. The maximum absolute atomic E-state index is 13.1. The molecule has 2 aromatic carbocycles. The van der Waals surface area contributed by atoms with Crippen LogP contribution in [0.15, 0.2) is 62.8 Å². The number of ether oxygens (including phenoxy) is 1. The predicted molar refractivity (Wildman–Crippen MR) is 185 cm³/mol. The van der Waals surface area contributed by atoms with E-state index in [4.69, 9.17) is 29.2 Å². The topological polar surface area (TPSA) is 90.5 Å². The van der Waals surface area contributed by atoms with E-state index in [2.05, 4.69) is 15.9 Å². The Bertz CT molecular complexity index is 1590. The molecule has 0 radical (unpaired) electrons. The maximum Gasteiger partial charge on any atom is 0.266 e. The summed E-state index contributed by atoms with van der Waals surface area (Å²) in [5, 5.41) is 0. The third-order valence-corrected chi connectivity index (χ3v) is 10.2. The molecule has 5 rings (SSSR count). The molecule has 3 heterocycles. The molecular weight excluding hydrogens is 705 g/mol. The van der Waals surface area contributed by atoms with Gasteiger partial charge in [0.15, 0.2) is 0 Å². The van der Waals surface area contributed by atoms with Crippen LogP contribution in [0.2, 0.25) is 0 Å². The summed E-state index contributed by atoms with van der Waals surface area (Å²) in [5.74, 6) is -0.357. The van der Waals surface area contributed by atoms with Gasteiger partial charge in [-0.1, -0.05) is 88.2 Å². The first kappa shape index (κ1) is 32.4. The highest BCUT2D eigenvalue weighted by atomic mass is 79.9. The monoisotopic (exact) mass is 730 g/mol. The minimum Gasteiger partial charge on any atom is -0.494 e. The summed E-state index contributed by atoms with van der Waals surface area (Å²) in [6.45, 7) is 3.38. The van der Waals surface area contributed by atoms with E-state index in [1.54, 1.807) is 22.0 Å². The standard InChI is InChI=1S/C30H27BrN4O5S4/c1-2-40-22-8-6-19(7-9-22)15-23-27(38)34(29(41)43-23)17-25(36)32-10-12-33(13-11-32)26(37)18-35-28(39)24(44-30(35)42)16-20-4-3-5-21(31)14-20/h3-9,14-16H,2,10-13,17-18H2,1H3/b23-15-,24-16-. The average molecular weight is 732 g/mol. The molecule has 228 valence electrons. The second kappa shape index (κ2) is 14.4. The van der Waals surface area contributed by atoms with Gasteiger partial charge >= 0.3 is 0 Å². The number of thiocarbonyl (C=S) groups is 2. The lowest BCUT2D eigenvalue weighted by Crippen LogP contribution is -2.54. The fourth-order valence-corrected chi connectivity index (χ4v) is 7.60. The lowest BCUT2D eigenvalue weighted by molar-refractivity contribution is -0.141. The number of piperazine rings is 1. The number of amides is 4. The highest BCUT2D eigenvalue weighted by Gasteiger charge is 2.37. The van der Waals surface area contributed by atoms with Crippen molar-refractivity contribution in [3.63, 3.8) is 0 Å². The Balaban J connectivity index is 1.12. The molecule has 0 N–H and O–H groups in total. The van der Waals surface area contributed by atoms with Crippen molar-refractivity contribution in [2.75, 3.05) is 45.9 Å². The molecule has 44 heavy (non-hydrogen) atoms. The Hall–Kier alpha value is -3.04. The van der Waals surface area contributed by atoms with Crippen molar-refractivity contribution in [3.8, 4) is 5.75 Å². The summed E-state index contributed by atoms with van der Waals surface area (Å²) in [5.41, 5.74) is 1.68. The van der Waals surface area contributed by atoms with E-state index in [-0.39, 0.29) is 36.7 Å². The zero-order valence-corrected chi connectivity index (χ0v) is 28.4. The number of carbonyl (C=O) groups excluding carboxylic acids is 4. The van der Waals surface area contributed by atoms with Crippen LogP contribution in [0.3, 0.4) is 0 Å². The molecule has 0 bridgehead atoms. The molecule has 3 aliphatic heterocycles. The predicted octanol–water partition coefficient (Wildman–Crippen LogP) is 4.62. The molecule has 2 aromatic rings. The molecule has 4 amide bonds. The van der Waals surface area contributed by atoms with Crippen molar-refractivity contribution in [1.29, 1.82) is 0 Å². The number of hydrogen-bond donors (Lipinski definition) is 0. The van der Waals surface area contributed by atoms with Gasteiger partial charge in [-0.05, 0) is 54.5 Å². The van der Waals surface area contributed by atoms with Gasteiger partial charge in [-0.15, -0.1) is 0 Å². The third kappa shape index (κ3) is 7.60. The first-order valence-electron chi connectivity index (χ1n) is 13.7. The van der Waals surface area contributed by atoms with Crippen LogP contribution >= 0.6 is 63.9 Å². The number of nitrogens with zero attached hydrogens (tertiary/aromatic N) is 4. The van der Waals surface area contributed by atoms with Crippen LogP contribution in [0, 0.1) is 0 Å². The largest absolute Gasteiger partial charge is 0.494 e. The van der Waals surface area contributed by atoms with Gasteiger partial charge in [0.05, 0.1) is 16.4 Å². The summed E-state index contributed by atoms with van der Waals surface area (Å²) >= 11 is 16.6. The Kier molecular flexibility index (Phi) is 10.6. The Morgan fingerprint density at radius 3 is 1.80 bits per heavy atom. The van der Waals surface area contributed by atoms with E-state index in [9.17, 15) is 19.2 Å². The van der Waals surface area contributed by atoms with Crippen LogP contribution in [0.1, 0.15) is 18.1 Å². The van der Waals surface area contributed by atoms with Crippen LogP contribution in [-0.4, -0.2) is 97.7 Å². The van der Waals surface area contributed by atoms with E-state index in [1.807, 2.05) is 55.5 Å². The lowest BCUT2D eigenvalue weighted by atomic mass is 10.2. The van der Waals surface area contributed by atoms with Crippen LogP contribution in [0.5, 0.6) is 5.75 Å². The number of hydrogen-bond acceptors (Lipinski definition) is 9. The molecular formula is C30H27BrN4O5S4. The number of benzene rings is 2. The highest BCUT2D eigenvalue weighted by Crippen LogP contribution is 2.34. The van der Waals surface area contributed by atoms with Crippen molar-refractivity contribution in [2.45, 2.75) is 6.92 Å². The van der Waals surface area contributed by atoms with Gasteiger partial charge < -0.3 is 14.5 Å². The molecule has 3 fully saturated rings. The normalized spacial score (nSPS) is 19.1. The molecule has 0 unspecified atom stereocenters. The molecule has 9 nitrogen and oxygen atoms in total. The van der Waals surface area contributed by atoms with Crippen molar-refractivity contribution in [3.05, 3.63) is 73.9 Å². The fraction of sp³-hybridized carbons (Fsp3) is 0.267. The SMILES string of the molecule is CCOc1ccc(/C=C2\SC(=S)N(CC(=O)N3CCN(C(=O)CN4C(=O)/C(=C/c5cccc(Br)c5)SC4=S)CC3)C2=O)cc1. The van der Waals surface area contributed by atoms with E-state index in [1.165, 1.54) is 21.6 Å².